The molecular formula is C18H20Cl2N2O3S. The van der Waals surface area contributed by atoms with Crippen molar-refractivity contribution in [3.8, 4) is 0 Å². The lowest BCUT2D eigenvalue weighted by Gasteiger charge is -2.31. The number of benzene rings is 2. The van der Waals surface area contributed by atoms with E-state index in [2.05, 4.69) is 0 Å². The number of nitrogens with zero attached hydrogens (tertiary/aromatic N) is 2. The molecule has 0 aromatic heterocycles. The van der Waals surface area contributed by atoms with Crippen molar-refractivity contribution in [2.24, 2.45) is 0 Å². The van der Waals surface area contributed by atoms with Gasteiger partial charge in [0.2, 0.25) is 15.9 Å². The van der Waals surface area contributed by atoms with Crippen molar-refractivity contribution in [2.45, 2.75) is 19.5 Å². The highest BCUT2D eigenvalue weighted by Crippen LogP contribution is 2.24. The molecule has 1 amide bonds. The lowest BCUT2D eigenvalue weighted by Crippen LogP contribution is -2.48. The van der Waals surface area contributed by atoms with Crippen LogP contribution in [0.1, 0.15) is 12.5 Å². The minimum absolute atomic E-state index is 0.319. The number of rotatable bonds is 6. The third kappa shape index (κ3) is 5.13. The standard InChI is InChI=1S/C18H20Cl2N2O3S/c1-13(18(23)21(2)12-14-4-6-15(19)7-5-14)22(26(3,24)25)17-10-8-16(20)9-11-17/h4-11,13H,12H2,1-3H3/t13-/m0/s1. The zero-order valence-electron chi connectivity index (χ0n) is 14.7. The fourth-order valence-corrected chi connectivity index (χ4v) is 4.07. The number of hydrogen-bond donors (Lipinski definition) is 0. The summed E-state index contributed by atoms with van der Waals surface area (Å²) in [5.41, 5.74) is 1.28. The Hall–Kier alpha value is -1.76. The maximum Gasteiger partial charge on any atom is 0.246 e. The maximum atomic E-state index is 12.8. The van der Waals surface area contributed by atoms with Crippen LogP contribution in [0.5, 0.6) is 0 Å². The average Bonchev–Trinajstić information content (AvgIpc) is 2.57. The molecule has 0 spiro atoms. The monoisotopic (exact) mass is 414 g/mol. The second kappa shape index (κ2) is 8.29. The molecule has 5 nitrogen and oxygen atoms in total. The van der Waals surface area contributed by atoms with E-state index in [1.807, 2.05) is 12.1 Å². The van der Waals surface area contributed by atoms with E-state index in [4.69, 9.17) is 23.2 Å². The molecule has 0 N–H and O–H groups in total. The van der Waals surface area contributed by atoms with Crippen LogP contribution in [-0.2, 0) is 21.4 Å². The van der Waals surface area contributed by atoms with E-state index in [-0.39, 0.29) is 5.91 Å². The molecule has 8 heteroatoms. The van der Waals surface area contributed by atoms with E-state index in [9.17, 15) is 13.2 Å². The fourth-order valence-electron chi connectivity index (χ4n) is 2.65. The van der Waals surface area contributed by atoms with Gasteiger partial charge in [0, 0.05) is 23.6 Å². The van der Waals surface area contributed by atoms with Gasteiger partial charge in [0.1, 0.15) is 6.04 Å². The summed E-state index contributed by atoms with van der Waals surface area (Å²) in [6.45, 7) is 1.91. The van der Waals surface area contributed by atoms with Gasteiger partial charge in [-0.2, -0.15) is 0 Å². The fraction of sp³-hybridized carbons (Fsp3) is 0.278. The van der Waals surface area contributed by atoms with E-state index in [1.54, 1.807) is 50.4 Å². The predicted molar refractivity (Wildman–Crippen MR) is 106 cm³/mol. The Morgan fingerprint density at radius 2 is 1.46 bits per heavy atom. The van der Waals surface area contributed by atoms with Gasteiger partial charge in [0.05, 0.1) is 11.9 Å². The zero-order valence-corrected chi connectivity index (χ0v) is 17.0. The van der Waals surface area contributed by atoms with Crippen LogP contribution in [-0.4, -0.2) is 38.6 Å². The van der Waals surface area contributed by atoms with E-state index >= 15 is 0 Å². The Labute approximate surface area is 164 Å². The van der Waals surface area contributed by atoms with Crippen LogP contribution >= 0.6 is 23.2 Å². The summed E-state index contributed by atoms with van der Waals surface area (Å²) < 4.78 is 25.7. The molecule has 26 heavy (non-hydrogen) atoms. The molecule has 0 aliphatic heterocycles. The molecule has 0 radical (unpaired) electrons. The summed E-state index contributed by atoms with van der Waals surface area (Å²) in [7, 11) is -2.03. The highest BCUT2D eigenvalue weighted by Gasteiger charge is 2.30. The molecule has 140 valence electrons. The first-order chi connectivity index (χ1) is 12.1. The van der Waals surface area contributed by atoms with Crippen LogP contribution in [0.2, 0.25) is 10.0 Å². The molecule has 2 rings (SSSR count). The van der Waals surface area contributed by atoms with Crippen LogP contribution in [0.15, 0.2) is 48.5 Å². The normalized spacial score (nSPS) is 12.5. The molecule has 2 aromatic carbocycles. The van der Waals surface area contributed by atoms with Gasteiger partial charge in [-0.05, 0) is 48.9 Å². The molecule has 0 bridgehead atoms. The first-order valence-electron chi connectivity index (χ1n) is 7.84. The number of anilines is 1. The molecule has 0 unspecified atom stereocenters. The van der Waals surface area contributed by atoms with Crippen LogP contribution in [0, 0.1) is 0 Å². The maximum absolute atomic E-state index is 12.8. The van der Waals surface area contributed by atoms with Gasteiger partial charge >= 0.3 is 0 Å². The van der Waals surface area contributed by atoms with Gasteiger partial charge in [0.25, 0.3) is 0 Å². The largest absolute Gasteiger partial charge is 0.340 e. The lowest BCUT2D eigenvalue weighted by molar-refractivity contribution is -0.131. The van der Waals surface area contributed by atoms with E-state index < -0.39 is 16.1 Å². The molecule has 0 fully saturated rings. The Bertz CT molecular complexity index is 868. The number of hydrogen-bond acceptors (Lipinski definition) is 3. The summed E-state index contributed by atoms with van der Waals surface area (Å²) in [6, 6.07) is 12.6. The lowest BCUT2D eigenvalue weighted by atomic mass is 10.2. The predicted octanol–water partition coefficient (Wildman–Crippen LogP) is 3.81. The molecule has 2 aromatic rings. The first-order valence-corrected chi connectivity index (χ1v) is 10.4. The van der Waals surface area contributed by atoms with Crippen LogP contribution in [0.4, 0.5) is 5.69 Å². The van der Waals surface area contributed by atoms with E-state index in [0.29, 0.717) is 22.3 Å². The minimum atomic E-state index is -3.66. The Kier molecular flexibility index (Phi) is 6.55. The van der Waals surface area contributed by atoms with Crippen LogP contribution < -0.4 is 4.31 Å². The number of carbonyl (C=O) groups is 1. The number of halogens is 2. The van der Waals surface area contributed by atoms with Crippen molar-refractivity contribution in [1.82, 2.24) is 4.90 Å². The van der Waals surface area contributed by atoms with Crippen molar-refractivity contribution in [3.63, 3.8) is 0 Å². The smallest absolute Gasteiger partial charge is 0.246 e. The van der Waals surface area contributed by atoms with Gasteiger partial charge in [-0.15, -0.1) is 0 Å². The molecule has 0 heterocycles. The number of sulfonamides is 1. The second-order valence-corrected chi connectivity index (χ2v) is 8.76. The first kappa shape index (κ1) is 20.6. The zero-order chi connectivity index (χ0) is 19.5. The van der Waals surface area contributed by atoms with E-state index in [0.717, 1.165) is 16.1 Å². The Morgan fingerprint density at radius 3 is 1.92 bits per heavy atom. The van der Waals surface area contributed by atoms with Crippen molar-refractivity contribution < 1.29 is 13.2 Å². The average molecular weight is 415 g/mol. The summed E-state index contributed by atoms with van der Waals surface area (Å²) in [6.07, 6.45) is 1.07. The topological polar surface area (TPSA) is 57.7 Å². The van der Waals surface area contributed by atoms with Crippen molar-refractivity contribution in [2.75, 3.05) is 17.6 Å². The van der Waals surface area contributed by atoms with E-state index in [1.165, 1.54) is 4.90 Å². The van der Waals surface area contributed by atoms with Crippen molar-refractivity contribution >= 4 is 44.8 Å². The summed E-state index contributed by atoms with van der Waals surface area (Å²) in [5.74, 6) is -0.319. The SMILES string of the molecule is C[C@@H](C(=O)N(C)Cc1ccc(Cl)cc1)N(c1ccc(Cl)cc1)S(C)(=O)=O. The quantitative estimate of drug-likeness (QED) is 0.721. The summed E-state index contributed by atoms with van der Waals surface area (Å²) >= 11 is 11.7. The number of carbonyl (C=O) groups excluding carboxylic acids is 1. The van der Waals surface area contributed by atoms with Gasteiger partial charge in [-0.3, -0.25) is 9.10 Å². The molecule has 1 atom stereocenters. The number of likely N-dealkylation sites (N-methyl/N-ethyl adjacent to an activating group) is 1. The summed E-state index contributed by atoms with van der Waals surface area (Å²) in [5, 5.41) is 1.10. The molecule has 0 saturated carbocycles. The van der Waals surface area contributed by atoms with Gasteiger partial charge in [0.15, 0.2) is 0 Å². The Morgan fingerprint density at radius 1 is 1.00 bits per heavy atom. The number of amides is 1. The van der Waals surface area contributed by atoms with Gasteiger partial charge in [-0.1, -0.05) is 35.3 Å². The van der Waals surface area contributed by atoms with Gasteiger partial charge in [-0.25, -0.2) is 8.42 Å². The van der Waals surface area contributed by atoms with Crippen LogP contribution in [0.25, 0.3) is 0 Å². The van der Waals surface area contributed by atoms with Crippen molar-refractivity contribution in [3.05, 3.63) is 64.1 Å². The van der Waals surface area contributed by atoms with Gasteiger partial charge < -0.3 is 4.90 Å². The second-order valence-electron chi connectivity index (χ2n) is 6.03. The summed E-state index contributed by atoms with van der Waals surface area (Å²) in [4.78, 5) is 14.3. The molecule has 0 aliphatic carbocycles. The molecule has 0 aliphatic rings. The Balaban J connectivity index is 2.23. The van der Waals surface area contributed by atoms with Crippen LogP contribution in [0.3, 0.4) is 0 Å². The minimum Gasteiger partial charge on any atom is -0.340 e. The third-order valence-electron chi connectivity index (χ3n) is 3.86. The molecular weight excluding hydrogens is 395 g/mol. The highest BCUT2D eigenvalue weighted by molar-refractivity contribution is 7.92. The van der Waals surface area contributed by atoms with Crippen molar-refractivity contribution in [1.29, 1.82) is 0 Å². The highest BCUT2D eigenvalue weighted by atomic mass is 35.5. The molecule has 0 saturated heterocycles. The third-order valence-corrected chi connectivity index (χ3v) is 5.60.